The van der Waals surface area contributed by atoms with E-state index in [1.165, 1.54) is 12.1 Å². The zero-order valence-electron chi connectivity index (χ0n) is 18.4. The number of carbonyl (C=O) groups is 1. The molecule has 1 amide bonds. The molecule has 1 aromatic rings. The highest BCUT2D eigenvalue weighted by molar-refractivity contribution is 7.91. The van der Waals surface area contributed by atoms with Crippen molar-refractivity contribution in [2.24, 2.45) is 5.92 Å². The standard InChI is InChI=1S/C22H32F3N3O3S/c1-32(30,31)16-21(29)26-19-7-5-17(6-8-19)9-10-27-11-13-28(14-12-27)20-4-2-3-18(15-20)22(23,24)25/h2-4,15,17,19H,5-14,16H2,1H3,(H,26,29). The predicted octanol–water partition coefficient (Wildman–Crippen LogP) is 2.94. The number of sulfone groups is 1. The fourth-order valence-electron chi connectivity index (χ4n) is 4.58. The second-order valence-corrected chi connectivity index (χ2v) is 11.2. The number of rotatable bonds is 7. The predicted molar refractivity (Wildman–Crippen MR) is 118 cm³/mol. The Morgan fingerprint density at radius 1 is 1.09 bits per heavy atom. The minimum atomic E-state index is -4.33. The Balaban J connectivity index is 1.36. The van der Waals surface area contributed by atoms with E-state index < -0.39 is 33.2 Å². The van der Waals surface area contributed by atoms with Gasteiger partial charge in [-0.1, -0.05) is 6.07 Å². The number of benzene rings is 1. The molecule has 3 rings (SSSR count). The van der Waals surface area contributed by atoms with Crippen molar-refractivity contribution >= 4 is 21.4 Å². The fraction of sp³-hybridized carbons (Fsp3) is 0.682. The zero-order valence-corrected chi connectivity index (χ0v) is 19.2. The monoisotopic (exact) mass is 475 g/mol. The van der Waals surface area contributed by atoms with Gasteiger partial charge in [0.2, 0.25) is 5.91 Å². The van der Waals surface area contributed by atoms with Gasteiger partial charge < -0.3 is 10.2 Å². The number of nitrogens with one attached hydrogen (secondary N) is 1. The first-order chi connectivity index (χ1) is 15.0. The van der Waals surface area contributed by atoms with E-state index in [0.29, 0.717) is 24.7 Å². The lowest BCUT2D eigenvalue weighted by atomic mass is 9.84. The van der Waals surface area contributed by atoms with Gasteiger partial charge in [0.25, 0.3) is 0 Å². The molecule has 10 heteroatoms. The number of halogens is 3. The first-order valence-electron chi connectivity index (χ1n) is 11.1. The average Bonchev–Trinajstić information content (AvgIpc) is 2.72. The number of hydrogen-bond donors (Lipinski definition) is 1. The third kappa shape index (κ3) is 7.65. The van der Waals surface area contributed by atoms with Crippen molar-refractivity contribution in [3.05, 3.63) is 29.8 Å². The molecule has 1 heterocycles. The lowest BCUT2D eigenvalue weighted by molar-refractivity contribution is -0.137. The molecule has 0 atom stereocenters. The maximum Gasteiger partial charge on any atom is 0.416 e. The molecule has 1 N–H and O–H groups in total. The summed E-state index contributed by atoms with van der Waals surface area (Å²) in [5.41, 5.74) is 0.0104. The van der Waals surface area contributed by atoms with Gasteiger partial charge in [0.1, 0.15) is 5.75 Å². The summed E-state index contributed by atoms with van der Waals surface area (Å²) in [6.07, 6.45) is 1.54. The Kier molecular flexibility index (Phi) is 8.08. The van der Waals surface area contributed by atoms with Gasteiger partial charge in [-0.05, 0) is 62.8 Å². The van der Waals surface area contributed by atoms with Crippen molar-refractivity contribution in [2.45, 2.75) is 44.3 Å². The number of nitrogens with zero attached hydrogens (tertiary/aromatic N) is 2. The molecule has 0 radical (unpaired) electrons. The highest BCUT2D eigenvalue weighted by Crippen LogP contribution is 2.32. The Labute approximate surface area is 188 Å². The van der Waals surface area contributed by atoms with E-state index in [2.05, 4.69) is 10.2 Å². The highest BCUT2D eigenvalue weighted by Gasteiger charge is 2.31. The molecule has 180 valence electrons. The molecule has 1 saturated heterocycles. The molecule has 2 fully saturated rings. The molecule has 0 aromatic heterocycles. The molecule has 6 nitrogen and oxygen atoms in total. The second kappa shape index (κ2) is 10.4. The van der Waals surface area contributed by atoms with Gasteiger partial charge in [-0.25, -0.2) is 8.42 Å². The topological polar surface area (TPSA) is 69.7 Å². The maximum atomic E-state index is 13.0. The molecular formula is C22H32F3N3O3S. The van der Waals surface area contributed by atoms with E-state index in [1.54, 1.807) is 6.07 Å². The Hall–Kier alpha value is -1.81. The van der Waals surface area contributed by atoms with Gasteiger partial charge >= 0.3 is 6.18 Å². The minimum absolute atomic E-state index is 0.0523. The fourth-order valence-corrected chi connectivity index (χ4v) is 5.14. The van der Waals surface area contributed by atoms with Crippen LogP contribution in [-0.2, 0) is 20.8 Å². The largest absolute Gasteiger partial charge is 0.416 e. The van der Waals surface area contributed by atoms with Gasteiger partial charge in [0, 0.05) is 44.2 Å². The molecule has 0 bridgehead atoms. The van der Waals surface area contributed by atoms with Crippen molar-refractivity contribution in [1.82, 2.24) is 10.2 Å². The summed E-state index contributed by atoms with van der Waals surface area (Å²) in [6.45, 7) is 4.04. The van der Waals surface area contributed by atoms with Crippen LogP contribution in [-0.4, -0.2) is 70.0 Å². The normalized spacial score (nSPS) is 23.2. The summed E-state index contributed by atoms with van der Waals surface area (Å²) in [5.74, 6) is -0.298. The Bertz CT molecular complexity index is 876. The van der Waals surface area contributed by atoms with Gasteiger partial charge in [-0.3, -0.25) is 9.69 Å². The van der Waals surface area contributed by atoms with Crippen LogP contribution in [0.25, 0.3) is 0 Å². The number of alkyl halides is 3. The average molecular weight is 476 g/mol. The van der Waals surface area contributed by atoms with Gasteiger partial charge in [-0.15, -0.1) is 0 Å². The molecule has 1 aliphatic carbocycles. The number of piperazine rings is 1. The van der Waals surface area contributed by atoms with E-state index >= 15 is 0 Å². The van der Waals surface area contributed by atoms with Gasteiger partial charge in [0.05, 0.1) is 5.56 Å². The quantitative estimate of drug-likeness (QED) is 0.657. The molecular weight excluding hydrogens is 443 g/mol. The highest BCUT2D eigenvalue weighted by atomic mass is 32.2. The lowest BCUT2D eigenvalue weighted by Gasteiger charge is -2.37. The van der Waals surface area contributed by atoms with Crippen LogP contribution in [0, 0.1) is 5.92 Å². The lowest BCUT2D eigenvalue weighted by Crippen LogP contribution is -2.47. The van der Waals surface area contributed by atoms with Crippen LogP contribution in [0.5, 0.6) is 0 Å². The molecule has 32 heavy (non-hydrogen) atoms. The van der Waals surface area contributed by atoms with Crippen molar-refractivity contribution in [3.8, 4) is 0 Å². The van der Waals surface area contributed by atoms with Crippen LogP contribution >= 0.6 is 0 Å². The summed E-state index contributed by atoms with van der Waals surface area (Å²) in [6, 6.07) is 5.58. The molecule has 0 spiro atoms. The number of anilines is 1. The number of carbonyl (C=O) groups excluding carboxylic acids is 1. The molecule has 1 saturated carbocycles. The molecule has 1 aliphatic heterocycles. The Morgan fingerprint density at radius 2 is 1.75 bits per heavy atom. The number of amides is 1. The molecule has 0 unspecified atom stereocenters. The summed E-state index contributed by atoms with van der Waals surface area (Å²) >= 11 is 0. The first-order valence-corrected chi connectivity index (χ1v) is 13.2. The Morgan fingerprint density at radius 3 is 2.34 bits per heavy atom. The SMILES string of the molecule is CS(=O)(=O)CC(=O)NC1CCC(CCN2CCN(c3cccc(C(F)(F)F)c3)CC2)CC1. The summed E-state index contributed by atoms with van der Waals surface area (Å²) in [4.78, 5) is 16.2. The van der Waals surface area contributed by atoms with E-state index in [1.807, 2.05) is 4.90 Å². The second-order valence-electron chi connectivity index (χ2n) is 9.02. The van der Waals surface area contributed by atoms with Gasteiger partial charge in [-0.2, -0.15) is 13.2 Å². The van der Waals surface area contributed by atoms with Crippen LogP contribution in [0.15, 0.2) is 24.3 Å². The third-order valence-corrected chi connectivity index (χ3v) is 7.16. The molecule has 1 aromatic carbocycles. The van der Waals surface area contributed by atoms with Crippen LogP contribution in [0.1, 0.15) is 37.7 Å². The first kappa shape index (κ1) is 24.8. The smallest absolute Gasteiger partial charge is 0.369 e. The van der Waals surface area contributed by atoms with Crippen LogP contribution < -0.4 is 10.2 Å². The van der Waals surface area contributed by atoms with E-state index in [0.717, 1.165) is 64.1 Å². The van der Waals surface area contributed by atoms with Crippen molar-refractivity contribution < 1.29 is 26.4 Å². The third-order valence-electron chi connectivity index (χ3n) is 6.37. The van der Waals surface area contributed by atoms with E-state index in [9.17, 15) is 26.4 Å². The minimum Gasteiger partial charge on any atom is -0.369 e. The number of hydrogen-bond acceptors (Lipinski definition) is 5. The van der Waals surface area contributed by atoms with Gasteiger partial charge in [0.15, 0.2) is 9.84 Å². The maximum absolute atomic E-state index is 13.0. The van der Waals surface area contributed by atoms with Crippen LogP contribution in [0.3, 0.4) is 0 Å². The van der Waals surface area contributed by atoms with Crippen molar-refractivity contribution in [2.75, 3.05) is 49.6 Å². The summed E-state index contributed by atoms with van der Waals surface area (Å²) in [7, 11) is -3.31. The summed E-state index contributed by atoms with van der Waals surface area (Å²) in [5, 5.41) is 2.83. The zero-order chi connectivity index (χ0) is 23.4. The van der Waals surface area contributed by atoms with Crippen molar-refractivity contribution in [3.63, 3.8) is 0 Å². The van der Waals surface area contributed by atoms with Crippen LogP contribution in [0.4, 0.5) is 18.9 Å². The van der Waals surface area contributed by atoms with E-state index in [-0.39, 0.29) is 6.04 Å². The van der Waals surface area contributed by atoms with E-state index in [4.69, 9.17) is 0 Å². The molecule has 2 aliphatic rings. The van der Waals surface area contributed by atoms with Crippen LogP contribution in [0.2, 0.25) is 0 Å². The van der Waals surface area contributed by atoms with Crippen molar-refractivity contribution in [1.29, 1.82) is 0 Å². The summed E-state index contributed by atoms with van der Waals surface area (Å²) < 4.78 is 61.3.